The molecule has 0 bridgehead atoms. The molecule has 1 atom stereocenters. The van der Waals surface area contributed by atoms with Crippen LogP contribution in [0.25, 0.3) is 0 Å². The highest BCUT2D eigenvalue weighted by atomic mass is 32.2. The highest BCUT2D eigenvalue weighted by Crippen LogP contribution is 1.90. The summed E-state index contributed by atoms with van der Waals surface area (Å²) in [6, 6.07) is -0.278. The van der Waals surface area contributed by atoms with Crippen LogP contribution in [0.4, 0.5) is 0 Å². The second-order valence-corrected chi connectivity index (χ2v) is 4.45. The molecule has 0 aromatic rings. The first-order valence-corrected chi connectivity index (χ1v) is 5.87. The molecule has 0 radical (unpaired) electrons. The fourth-order valence-corrected chi connectivity index (χ4v) is 1.92. The summed E-state index contributed by atoms with van der Waals surface area (Å²) in [5.41, 5.74) is 0. The average molecular weight is 226 g/mol. The normalized spacial score (nSPS) is 14.2. The maximum atomic E-state index is 11.2. The van der Waals surface area contributed by atoms with Crippen molar-refractivity contribution in [1.82, 2.24) is 9.44 Å². The fraction of sp³-hybridized carbons (Fsp3) is 1.00. The molecule has 0 aliphatic heterocycles. The van der Waals surface area contributed by atoms with Gasteiger partial charge in [0.15, 0.2) is 0 Å². The zero-order valence-electron chi connectivity index (χ0n) is 8.49. The predicted molar refractivity (Wildman–Crippen MR) is 53.1 cm³/mol. The van der Waals surface area contributed by atoms with Crippen molar-refractivity contribution < 1.29 is 18.3 Å². The molecular weight excluding hydrogens is 208 g/mol. The van der Waals surface area contributed by atoms with Crippen LogP contribution in [0.3, 0.4) is 0 Å². The van der Waals surface area contributed by atoms with E-state index in [-0.39, 0.29) is 19.2 Å². The molecular formula is C7H18N2O4S. The summed E-state index contributed by atoms with van der Waals surface area (Å²) in [6.07, 6.45) is 0.394. The molecule has 14 heavy (non-hydrogen) atoms. The molecule has 0 saturated heterocycles. The van der Waals surface area contributed by atoms with Crippen LogP contribution >= 0.6 is 0 Å². The zero-order chi connectivity index (χ0) is 11.0. The largest absolute Gasteiger partial charge is 0.396 e. The molecule has 3 N–H and O–H groups in total. The van der Waals surface area contributed by atoms with Crippen LogP contribution in [-0.2, 0) is 14.9 Å². The van der Waals surface area contributed by atoms with Gasteiger partial charge in [0.1, 0.15) is 0 Å². The molecule has 0 amide bonds. The van der Waals surface area contributed by atoms with Gasteiger partial charge < -0.3 is 9.84 Å². The van der Waals surface area contributed by atoms with E-state index in [0.717, 1.165) is 0 Å². The van der Waals surface area contributed by atoms with E-state index in [0.29, 0.717) is 13.0 Å². The van der Waals surface area contributed by atoms with E-state index in [1.54, 1.807) is 6.92 Å². The first kappa shape index (κ1) is 13.8. The molecule has 0 heterocycles. The van der Waals surface area contributed by atoms with Crippen molar-refractivity contribution in [3.05, 3.63) is 0 Å². The predicted octanol–water partition coefficient (Wildman–Crippen LogP) is -1.17. The Morgan fingerprint density at radius 1 is 1.50 bits per heavy atom. The number of aliphatic hydroxyl groups is 1. The number of ether oxygens (including phenoxy) is 1. The molecule has 7 heteroatoms. The van der Waals surface area contributed by atoms with E-state index in [9.17, 15) is 8.42 Å². The summed E-state index contributed by atoms with van der Waals surface area (Å²) in [5.74, 6) is 0. The average Bonchev–Trinajstić information content (AvgIpc) is 2.03. The van der Waals surface area contributed by atoms with Crippen molar-refractivity contribution >= 4 is 10.2 Å². The lowest BCUT2D eigenvalue weighted by Crippen LogP contribution is -2.42. The molecule has 0 aliphatic carbocycles. The van der Waals surface area contributed by atoms with Crippen molar-refractivity contribution in [2.45, 2.75) is 19.4 Å². The van der Waals surface area contributed by atoms with E-state index >= 15 is 0 Å². The van der Waals surface area contributed by atoms with Crippen molar-refractivity contribution in [3.8, 4) is 0 Å². The van der Waals surface area contributed by atoms with Crippen molar-refractivity contribution in [2.24, 2.45) is 0 Å². The molecule has 0 fully saturated rings. The summed E-state index contributed by atoms with van der Waals surface area (Å²) in [7, 11) is -1.97. The van der Waals surface area contributed by atoms with Crippen LogP contribution in [-0.4, -0.2) is 46.4 Å². The van der Waals surface area contributed by atoms with Gasteiger partial charge in [-0.15, -0.1) is 0 Å². The summed E-state index contributed by atoms with van der Waals surface area (Å²) >= 11 is 0. The van der Waals surface area contributed by atoms with Crippen LogP contribution in [0.2, 0.25) is 0 Å². The standard InChI is InChI=1S/C7H18N2O4S/c1-7(3-5-10)9-14(11,12)8-4-6-13-2/h7-10H,3-6H2,1-2H3. The van der Waals surface area contributed by atoms with E-state index in [2.05, 4.69) is 9.44 Å². The summed E-state index contributed by atoms with van der Waals surface area (Å²) in [5, 5.41) is 8.57. The summed E-state index contributed by atoms with van der Waals surface area (Å²) < 4.78 is 31.8. The van der Waals surface area contributed by atoms with Gasteiger partial charge in [0.05, 0.1) is 6.61 Å². The molecule has 0 spiro atoms. The topological polar surface area (TPSA) is 87.7 Å². The summed E-state index contributed by atoms with van der Waals surface area (Å²) in [6.45, 7) is 2.21. The number of hydrogen-bond acceptors (Lipinski definition) is 4. The minimum absolute atomic E-state index is 0.0399. The lowest BCUT2D eigenvalue weighted by molar-refractivity contribution is 0.204. The Kier molecular flexibility index (Phi) is 7.02. The number of nitrogens with one attached hydrogen (secondary N) is 2. The molecule has 0 aromatic heterocycles. The SMILES string of the molecule is COCCNS(=O)(=O)NC(C)CCO. The van der Waals surface area contributed by atoms with E-state index in [1.807, 2.05) is 0 Å². The van der Waals surface area contributed by atoms with Gasteiger partial charge >= 0.3 is 0 Å². The maximum absolute atomic E-state index is 11.2. The molecule has 0 saturated carbocycles. The Hall–Kier alpha value is -0.210. The molecule has 1 unspecified atom stereocenters. The van der Waals surface area contributed by atoms with Crippen molar-refractivity contribution in [3.63, 3.8) is 0 Å². The fourth-order valence-electron chi connectivity index (χ4n) is 0.837. The number of aliphatic hydroxyl groups excluding tert-OH is 1. The Morgan fingerprint density at radius 3 is 2.64 bits per heavy atom. The quantitative estimate of drug-likeness (QED) is 0.455. The highest BCUT2D eigenvalue weighted by Gasteiger charge is 2.12. The smallest absolute Gasteiger partial charge is 0.277 e. The third kappa shape index (κ3) is 7.22. The van der Waals surface area contributed by atoms with Crippen LogP contribution in [0.15, 0.2) is 0 Å². The second-order valence-electron chi connectivity index (χ2n) is 2.92. The van der Waals surface area contributed by atoms with E-state index in [4.69, 9.17) is 9.84 Å². The molecule has 0 aromatic carbocycles. The molecule has 6 nitrogen and oxygen atoms in total. The third-order valence-electron chi connectivity index (χ3n) is 1.52. The second kappa shape index (κ2) is 7.13. The highest BCUT2D eigenvalue weighted by molar-refractivity contribution is 7.87. The Bertz CT molecular complexity index is 230. The Balaban J connectivity index is 3.82. The van der Waals surface area contributed by atoms with Crippen molar-refractivity contribution in [2.75, 3.05) is 26.9 Å². The minimum Gasteiger partial charge on any atom is -0.396 e. The van der Waals surface area contributed by atoms with Gasteiger partial charge in [-0.25, -0.2) is 0 Å². The first-order valence-electron chi connectivity index (χ1n) is 4.38. The lowest BCUT2D eigenvalue weighted by atomic mass is 10.3. The van der Waals surface area contributed by atoms with E-state index in [1.165, 1.54) is 7.11 Å². The van der Waals surface area contributed by atoms with Gasteiger partial charge in [-0.1, -0.05) is 0 Å². The Morgan fingerprint density at radius 2 is 2.14 bits per heavy atom. The van der Waals surface area contributed by atoms with Crippen LogP contribution in [0.1, 0.15) is 13.3 Å². The first-order chi connectivity index (χ1) is 6.52. The Labute approximate surface area is 84.8 Å². The van der Waals surface area contributed by atoms with Crippen LogP contribution in [0, 0.1) is 0 Å². The lowest BCUT2D eigenvalue weighted by Gasteiger charge is -2.13. The maximum Gasteiger partial charge on any atom is 0.277 e. The van der Waals surface area contributed by atoms with Crippen LogP contribution in [0.5, 0.6) is 0 Å². The number of methoxy groups -OCH3 is 1. The van der Waals surface area contributed by atoms with Gasteiger partial charge in [0.25, 0.3) is 10.2 Å². The molecule has 0 rings (SSSR count). The monoisotopic (exact) mass is 226 g/mol. The van der Waals surface area contributed by atoms with E-state index < -0.39 is 10.2 Å². The van der Waals surface area contributed by atoms with Gasteiger partial charge in [-0.2, -0.15) is 17.9 Å². The minimum atomic E-state index is -3.47. The van der Waals surface area contributed by atoms with Crippen LogP contribution < -0.4 is 9.44 Å². The van der Waals surface area contributed by atoms with Gasteiger partial charge in [0, 0.05) is 26.3 Å². The molecule has 0 aliphatic rings. The van der Waals surface area contributed by atoms with Gasteiger partial charge in [-0.3, -0.25) is 0 Å². The third-order valence-corrected chi connectivity index (χ3v) is 2.81. The number of rotatable bonds is 8. The number of hydrogen-bond donors (Lipinski definition) is 3. The van der Waals surface area contributed by atoms with Gasteiger partial charge in [-0.05, 0) is 13.3 Å². The van der Waals surface area contributed by atoms with Gasteiger partial charge in [0.2, 0.25) is 0 Å². The molecule has 86 valence electrons. The summed E-state index contributed by atoms with van der Waals surface area (Å²) in [4.78, 5) is 0. The van der Waals surface area contributed by atoms with Crippen molar-refractivity contribution in [1.29, 1.82) is 0 Å². The zero-order valence-corrected chi connectivity index (χ0v) is 9.30.